The molecule has 174 valence electrons. The fraction of sp³-hybridized carbons (Fsp3) is 0.308. The molecule has 1 aromatic carbocycles. The van der Waals surface area contributed by atoms with Gasteiger partial charge in [0.1, 0.15) is 24.0 Å². The maximum Gasteiger partial charge on any atom is 0.338 e. The highest BCUT2D eigenvalue weighted by atomic mass is 16.5. The van der Waals surface area contributed by atoms with Gasteiger partial charge in [-0.25, -0.2) is 4.79 Å². The molecule has 3 aromatic rings. The molecule has 0 fully saturated rings. The van der Waals surface area contributed by atoms with Crippen LogP contribution in [-0.2, 0) is 24.3 Å². The summed E-state index contributed by atoms with van der Waals surface area (Å²) in [6.45, 7) is 4.37. The number of carbonyl (C=O) groups excluding carboxylic acids is 1. The summed E-state index contributed by atoms with van der Waals surface area (Å²) in [6.07, 6.45) is 4.08. The number of cyclic esters (lactones) is 1. The van der Waals surface area contributed by atoms with Gasteiger partial charge in [0.2, 0.25) is 0 Å². The third kappa shape index (κ3) is 4.91. The van der Waals surface area contributed by atoms with Gasteiger partial charge in [0.25, 0.3) is 0 Å². The number of fused-ring (bicyclic) bond motifs is 1. The maximum absolute atomic E-state index is 11.8. The van der Waals surface area contributed by atoms with Crippen molar-refractivity contribution in [3.63, 3.8) is 0 Å². The zero-order valence-corrected chi connectivity index (χ0v) is 19.2. The number of ether oxygens (including phenoxy) is 2. The predicted molar refractivity (Wildman–Crippen MR) is 125 cm³/mol. The Balaban J connectivity index is 1.43. The van der Waals surface area contributed by atoms with Crippen molar-refractivity contribution in [2.75, 3.05) is 26.8 Å². The van der Waals surface area contributed by atoms with Crippen molar-refractivity contribution < 1.29 is 19.4 Å². The summed E-state index contributed by atoms with van der Waals surface area (Å²) in [6, 6.07) is 11.5. The molecule has 8 nitrogen and oxygen atoms in total. The second-order valence-corrected chi connectivity index (χ2v) is 8.14. The average Bonchev–Trinajstić information content (AvgIpc) is 3.25. The second kappa shape index (κ2) is 10.4. The van der Waals surface area contributed by atoms with Gasteiger partial charge in [-0.3, -0.25) is 14.9 Å². The van der Waals surface area contributed by atoms with Gasteiger partial charge in [-0.2, -0.15) is 5.26 Å². The molecule has 0 bridgehead atoms. The Morgan fingerprint density at radius 2 is 2.00 bits per heavy atom. The Bertz CT molecular complexity index is 1230. The van der Waals surface area contributed by atoms with E-state index < -0.39 is 0 Å². The maximum atomic E-state index is 11.8. The van der Waals surface area contributed by atoms with E-state index in [1.807, 2.05) is 31.2 Å². The first-order valence-corrected chi connectivity index (χ1v) is 11.0. The van der Waals surface area contributed by atoms with E-state index in [0.717, 1.165) is 29.7 Å². The minimum absolute atomic E-state index is 0.0615. The average molecular weight is 459 g/mol. The van der Waals surface area contributed by atoms with Crippen molar-refractivity contribution in [2.45, 2.75) is 26.5 Å². The predicted octanol–water partition coefficient (Wildman–Crippen LogP) is 3.04. The Kier molecular flexibility index (Phi) is 7.16. The number of nitrogens with zero attached hydrogens (tertiary/aromatic N) is 4. The smallest absolute Gasteiger partial charge is 0.338 e. The highest BCUT2D eigenvalue weighted by molar-refractivity contribution is 5.93. The van der Waals surface area contributed by atoms with Crippen LogP contribution in [0.4, 0.5) is 0 Å². The number of pyridine rings is 2. The molecule has 34 heavy (non-hydrogen) atoms. The molecule has 0 atom stereocenters. The summed E-state index contributed by atoms with van der Waals surface area (Å²) in [4.78, 5) is 22.8. The van der Waals surface area contributed by atoms with Crippen LogP contribution in [0.1, 0.15) is 38.2 Å². The van der Waals surface area contributed by atoms with Crippen molar-refractivity contribution in [1.82, 2.24) is 14.9 Å². The normalized spacial score (nSPS) is 12.4. The molecule has 0 saturated heterocycles. The number of nitriles is 1. The molecule has 8 heteroatoms. The van der Waals surface area contributed by atoms with Crippen molar-refractivity contribution in [2.24, 2.45) is 0 Å². The van der Waals surface area contributed by atoms with E-state index >= 15 is 0 Å². The molecule has 0 unspecified atom stereocenters. The van der Waals surface area contributed by atoms with Crippen LogP contribution < -0.4 is 4.74 Å². The quantitative estimate of drug-likeness (QED) is 0.488. The first kappa shape index (κ1) is 23.4. The van der Waals surface area contributed by atoms with Crippen LogP contribution in [0.15, 0.2) is 42.7 Å². The van der Waals surface area contributed by atoms with Crippen molar-refractivity contribution in [3.05, 3.63) is 76.1 Å². The fourth-order valence-electron chi connectivity index (χ4n) is 4.12. The van der Waals surface area contributed by atoms with Gasteiger partial charge in [0, 0.05) is 43.7 Å². The molecule has 0 amide bonds. The van der Waals surface area contributed by atoms with Crippen molar-refractivity contribution in [3.8, 4) is 23.2 Å². The molecule has 1 aliphatic heterocycles. The minimum Gasteiger partial charge on any atom is -0.495 e. The molecule has 0 radical (unpaired) electrons. The van der Waals surface area contributed by atoms with Gasteiger partial charge < -0.3 is 14.6 Å². The molecular weight excluding hydrogens is 432 g/mol. The van der Waals surface area contributed by atoms with E-state index in [-0.39, 0.29) is 12.6 Å². The van der Waals surface area contributed by atoms with Gasteiger partial charge in [-0.1, -0.05) is 12.1 Å². The number of esters is 1. The minimum atomic E-state index is -0.253. The Hall–Kier alpha value is -3.80. The first-order chi connectivity index (χ1) is 16.5. The lowest BCUT2D eigenvalue weighted by Gasteiger charge is -2.22. The lowest BCUT2D eigenvalue weighted by atomic mass is 9.96. The summed E-state index contributed by atoms with van der Waals surface area (Å²) < 4.78 is 10.4. The fourth-order valence-corrected chi connectivity index (χ4v) is 4.12. The van der Waals surface area contributed by atoms with Gasteiger partial charge in [0.05, 0.1) is 30.7 Å². The van der Waals surface area contributed by atoms with E-state index in [0.29, 0.717) is 48.0 Å². The lowest BCUT2D eigenvalue weighted by molar-refractivity contribution is 0.0535. The number of aliphatic hydroxyl groups is 1. The van der Waals surface area contributed by atoms with E-state index in [2.05, 4.69) is 20.9 Å². The van der Waals surface area contributed by atoms with E-state index in [1.165, 1.54) is 18.9 Å². The molecule has 0 aliphatic carbocycles. The number of hydrogen-bond acceptors (Lipinski definition) is 8. The number of hydrogen-bond donors (Lipinski definition) is 1. The Labute approximate surface area is 198 Å². The Morgan fingerprint density at radius 1 is 1.18 bits per heavy atom. The number of aliphatic hydroxyl groups excluding tert-OH is 1. The van der Waals surface area contributed by atoms with Crippen molar-refractivity contribution >= 4 is 5.97 Å². The number of aromatic nitrogens is 2. The van der Waals surface area contributed by atoms with Crippen LogP contribution >= 0.6 is 0 Å². The molecule has 2 aromatic heterocycles. The highest BCUT2D eigenvalue weighted by Crippen LogP contribution is 2.27. The van der Waals surface area contributed by atoms with Crippen LogP contribution in [0.2, 0.25) is 0 Å². The topological polar surface area (TPSA) is 109 Å². The molecule has 1 N–H and O–H groups in total. The molecule has 4 rings (SSSR count). The number of benzene rings is 1. The number of carbonyl (C=O) groups is 1. The summed E-state index contributed by atoms with van der Waals surface area (Å²) in [5.41, 5.74) is 6.62. The molecular formula is C26H26N4O4. The largest absolute Gasteiger partial charge is 0.495 e. The van der Waals surface area contributed by atoms with Gasteiger partial charge in [-0.05, 0) is 42.2 Å². The SMILES string of the molecule is COc1cc(-c2ccc(CN(CCO)CCc3ccc4c(c3C)COC4=O)cn2)ncc1C#N. The number of rotatable bonds is 9. The van der Waals surface area contributed by atoms with Crippen LogP contribution in [0.3, 0.4) is 0 Å². The van der Waals surface area contributed by atoms with Crippen LogP contribution in [0.5, 0.6) is 5.75 Å². The summed E-state index contributed by atoms with van der Waals surface area (Å²) in [5, 5.41) is 18.7. The standard InChI is InChI=1S/C26H26N4O4/c1-17-19(4-5-21-22(17)16-34-26(21)32)7-8-30(9-10-31)15-18-3-6-23(28-13-18)24-11-25(33-2)20(12-27)14-29-24/h3-6,11,13-14,31H,7-10,15-16H2,1-2H3. The Morgan fingerprint density at radius 3 is 2.71 bits per heavy atom. The monoisotopic (exact) mass is 458 g/mol. The molecule has 1 aliphatic rings. The zero-order valence-electron chi connectivity index (χ0n) is 19.2. The lowest BCUT2D eigenvalue weighted by Crippen LogP contribution is -2.29. The van der Waals surface area contributed by atoms with E-state index in [4.69, 9.17) is 14.7 Å². The van der Waals surface area contributed by atoms with E-state index in [9.17, 15) is 9.90 Å². The van der Waals surface area contributed by atoms with Crippen molar-refractivity contribution in [1.29, 1.82) is 5.26 Å². The van der Waals surface area contributed by atoms with Crippen LogP contribution in [0, 0.1) is 18.3 Å². The van der Waals surface area contributed by atoms with Gasteiger partial charge in [-0.15, -0.1) is 0 Å². The van der Waals surface area contributed by atoms with Crippen LogP contribution in [0.25, 0.3) is 11.4 Å². The summed E-state index contributed by atoms with van der Waals surface area (Å²) in [7, 11) is 1.52. The van der Waals surface area contributed by atoms with Crippen LogP contribution in [-0.4, -0.2) is 52.7 Å². The van der Waals surface area contributed by atoms with E-state index in [1.54, 1.807) is 12.3 Å². The summed E-state index contributed by atoms with van der Waals surface area (Å²) >= 11 is 0. The summed E-state index contributed by atoms with van der Waals surface area (Å²) in [5.74, 6) is 0.211. The highest BCUT2D eigenvalue weighted by Gasteiger charge is 2.23. The third-order valence-corrected chi connectivity index (χ3v) is 6.09. The van der Waals surface area contributed by atoms with Gasteiger partial charge >= 0.3 is 5.97 Å². The number of methoxy groups -OCH3 is 1. The first-order valence-electron chi connectivity index (χ1n) is 11.0. The third-order valence-electron chi connectivity index (χ3n) is 6.09. The molecule has 0 spiro atoms. The molecule has 0 saturated carbocycles. The second-order valence-electron chi connectivity index (χ2n) is 8.14. The zero-order chi connectivity index (χ0) is 24.1. The van der Waals surface area contributed by atoms with Gasteiger partial charge in [0.15, 0.2) is 0 Å². The molecule has 3 heterocycles.